The molecule has 24 heavy (non-hydrogen) atoms. The molecule has 5 heteroatoms. The van der Waals surface area contributed by atoms with Gasteiger partial charge >= 0.3 is 0 Å². The first-order valence-electron chi connectivity index (χ1n) is 8.02. The molecule has 2 aliphatic rings. The van der Waals surface area contributed by atoms with Gasteiger partial charge in [0.1, 0.15) is 5.70 Å². The molecule has 0 radical (unpaired) electrons. The van der Waals surface area contributed by atoms with Gasteiger partial charge in [-0.15, -0.1) is 0 Å². The van der Waals surface area contributed by atoms with Crippen molar-refractivity contribution in [3.05, 3.63) is 69.6 Å². The van der Waals surface area contributed by atoms with Crippen molar-refractivity contribution in [3.8, 4) is 0 Å². The van der Waals surface area contributed by atoms with Crippen molar-refractivity contribution in [1.82, 2.24) is 4.98 Å². The third-order valence-electron chi connectivity index (χ3n) is 4.29. The lowest BCUT2D eigenvalue weighted by atomic mass is 10.0. The minimum Gasteiger partial charge on any atom is -0.337 e. The molecule has 1 aromatic heterocycles. The molecule has 0 saturated carbocycles. The van der Waals surface area contributed by atoms with Gasteiger partial charge < -0.3 is 5.32 Å². The number of benzene rings is 1. The molecule has 2 aromatic rings. The number of hydrogen-bond donors (Lipinski definition) is 1. The first kappa shape index (κ1) is 15.1. The van der Waals surface area contributed by atoms with Gasteiger partial charge in [0.05, 0.1) is 24.1 Å². The molecule has 2 aliphatic heterocycles. The summed E-state index contributed by atoms with van der Waals surface area (Å²) >= 11 is 6.47. The Labute approximate surface area is 146 Å². The molecule has 0 spiro atoms. The Morgan fingerprint density at radius 3 is 2.83 bits per heavy atom. The fourth-order valence-corrected chi connectivity index (χ4v) is 3.17. The molecule has 0 bridgehead atoms. The van der Waals surface area contributed by atoms with Crippen molar-refractivity contribution in [1.29, 1.82) is 0 Å². The van der Waals surface area contributed by atoms with Crippen LogP contribution < -0.4 is 5.32 Å². The van der Waals surface area contributed by atoms with Crippen molar-refractivity contribution in [2.45, 2.75) is 20.3 Å². The van der Waals surface area contributed by atoms with Crippen LogP contribution in [-0.2, 0) is 6.42 Å². The highest BCUT2D eigenvalue weighted by Gasteiger charge is 2.25. The predicted molar refractivity (Wildman–Crippen MR) is 99.3 cm³/mol. The second-order valence-electron chi connectivity index (χ2n) is 5.93. The van der Waals surface area contributed by atoms with Crippen molar-refractivity contribution in [2.24, 2.45) is 9.98 Å². The van der Waals surface area contributed by atoms with Gasteiger partial charge in [-0.25, -0.2) is 4.99 Å². The van der Waals surface area contributed by atoms with Gasteiger partial charge in [-0.05, 0) is 31.1 Å². The summed E-state index contributed by atoms with van der Waals surface area (Å²) in [6.07, 6.45) is 2.73. The second kappa shape index (κ2) is 5.87. The van der Waals surface area contributed by atoms with Crippen LogP contribution in [0, 0.1) is 0 Å². The minimum atomic E-state index is 0.673. The van der Waals surface area contributed by atoms with Crippen molar-refractivity contribution < 1.29 is 0 Å². The van der Waals surface area contributed by atoms with Gasteiger partial charge in [-0.2, -0.15) is 0 Å². The summed E-state index contributed by atoms with van der Waals surface area (Å²) in [5.41, 5.74) is 6.78. The summed E-state index contributed by atoms with van der Waals surface area (Å²) in [6.45, 7) is 4.83. The number of aromatic nitrogens is 1. The summed E-state index contributed by atoms with van der Waals surface area (Å²) in [7, 11) is 0. The molecule has 1 aromatic carbocycles. The molecule has 0 saturated heterocycles. The number of fused-ring (bicyclic) bond motifs is 2. The van der Waals surface area contributed by atoms with E-state index in [-0.39, 0.29) is 0 Å². The maximum absolute atomic E-state index is 6.47. The Hall–Kier alpha value is -2.46. The van der Waals surface area contributed by atoms with Crippen molar-refractivity contribution in [3.63, 3.8) is 0 Å². The number of hydrogen-bond acceptors (Lipinski definition) is 4. The molecule has 0 unspecified atom stereocenters. The highest BCUT2D eigenvalue weighted by molar-refractivity contribution is 6.36. The van der Waals surface area contributed by atoms with Crippen LogP contribution in [0.4, 0.5) is 5.69 Å². The number of nitrogens with zero attached hydrogens (tertiary/aromatic N) is 3. The van der Waals surface area contributed by atoms with Crippen molar-refractivity contribution in [2.75, 3.05) is 11.9 Å². The number of anilines is 1. The number of rotatable bonds is 2. The first-order chi connectivity index (χ1) is 11.7. The third-order valence-corrected chi connectivity index (χ3v) is 4.62. The Kier molecular flexibility index (Phi) is 3.69. The highest BCUT2D eigenvalue weighted by Crippen LogP contribution is 2.31. The maximum Gasteiger partial charge on any atom is 0.152 e. The van der Waals surface area contributed by atoms with Gasteiger partial charge in [0, 0.05) is 21.8 Å². The molecular formula is C19H17ClN4. The van der Waals surface area contributed by atoms with E-state index >= 15 is 0 Å². The number of halogens is 1. The molecular weight excluding hydrogens is 320 g/mol. The van der Waals surface area contributed by atoms with Crippen molar-refractivity contribution >= 4 is 28.8 Å². The van der Waals surface area contributed by atoms with Gasteiger partial charge in [0.25, 0.3) is 0 Å². The SMILES string of the molecule is CCc1cc2c(cn1)NC1=NCC(C)=C1N=C2c1ccccc1Cl. The van der Waals surface area contributed by atoms with E-state index < -0.39 is 0 Å². The average molecular weight is 337 g/mol. The zero-order valence-corrected chi connectivity index (χ0v) is 14.4. The molecule has 120 valence electrons. The number of aliphatic imine (C=N–C) groups is 2. The average Bonchev–Trinajstić information content (AvgIpc) is 2.85. The lowest BCUT2D eigenvalue weighted by Crippen LogP contribution is -2.12. The largest absolute Gasteiger partial charge is 0.337 e. The van der Waals surface area contributed by atoms with E-state index in [0.717, 1.165) is 51.7 Å². The maximum atomic E-state index is 6.47. The van der Waals surface area contributed by atoms with Crippen LogP contribution in [0.3, 0.4) is 0 Å². The number of nitrogens with one attached hydrogen (secondary N) is 1. The summed E-state index contributed by atoms with van der Waals surface area (Å²) in [5, 5.41) is 4.08. The van der Waals surface area contributed by atoms with Gasteiger partial charge in [-0.3, -0.25) is 9.98 Å². The van der Waals surface area contributed by atoms with Crippen LogP contribution in [0.25, 0.3) is 0 Å². The molecule has 4 nitrogen and oxygen atoms in total. The summed E-state index contributed by atoms with van der Waals surface area (Å²) < 4.78 is 0. The van der Waals surface area contributed by atoms with E-state index in [1.54, 1.807) is 0 Å². The van der Waals surface area contributed by atoms with Gasteiger partial charge in [-0.1, -0.05) is 36.7 Å². The Bertz CT molecular complexity index is 925. The molecule has 3 heterocycles. The van der Waals surface area contributed by atoms with Crippen LogP contribution in [0.15, 0.2) is 57.8 Å². The normalized spacial score (nSPS) is 16.0. The number of aryl methyl sites for hydroxylation is 1. The van der Waals surface area contributed by atoms with E-state index in [4.69, 9.17) is 16.6 Å². The smallest absolute Gasteiger partial charge is 0.152 e. The number of amidine groups is 1. The van der Waals surface area contributed by atoms with Crippen LogP contribution in [0.2, 0.25) is 5.02 Å². The monoisotopic (exact) mass is 336 g/mol. The van der Waals surface area contributed by atoms with E-state index in [9.17, 15) is 0 Å². The minimum absolute atomic E-state index is 0.673. The van der Waals surface area contributed by atoms with Gasteiger partial charge in [0.15, 0.2) is 5.84 Å². The van der Waals surface area contributed by atoms with E-state index in [0.29, 0.717) is 11.6 Å². The first-order valence-corrected chi connectivity index (χ1v) is 8.39. The predicted octanol–water partition coefficient (Wildman–Crippen LogP) is 4.25. The lowest BCUT2D eigenvalue weighted by Gasteiger charge is -2.12. The molecule has 4 rings (SSSR count). The fourth-order valence-electron chi connectivity index (χ4n) is 2.94. The lowest BCUT2D eigenvalue weighted by molar-refractivity contribution is 1.03. The van der Waals surface area contributed by atoms with Crippen LogP contribution >= 0.6 is 11.6 Å². The van der Waals surface area contributed by atoms with Crippen LogP contribution in [0.1, 0.15) is 30.7 Å². The summed E-state index contributed by atoms with van der Waals surface area (Å²) in [5.74, 6) is 0.807. The summed E-state index contributed by atoms with van der Waals surface area (Å²) in [4.78, 5) is 14.0. The van der Waals surface area contributed by atoms with E-state index in [1.807, 2.05) is 30.5 Å². The topological polar surface area (TPSA) is 49.6 Å². The standard InChI is InChI=1S/C19H17ClN4/c1-3-12-8-14-16(10-21-12)23-19-17(11(2)9-22-19)24-18(14)13-6-4-5-7-15(13)20/h4-8,10H,3,9H2,1-2H3,(H,22,23). The zero-order chi connectivity index (χ0) is 16.7. The molecule has 1 N–H and O–H groups in total. The fraction of sp³-hybridized carbons (Fsp3) is 0.211. The Morgan fingerprint density at radius 1 is 1.21 bits per heavy atom. The Morgan fingerprint density at radius 2 is 2.04 bits per heavy atom. The molecule has 0 aliphatic carbocycles. The Balaban J connectivity index is 2.01. The third kappa shape index (κ3) is 2.43. The zero-order valence-electron chi connectivity index (χ0n) is 13.6. The van der Waals surface area contributed by atoms with E-state index in [2.05, 4.69) is 35.2 Å². The van der Waals surface area contributed by atoms with E-state index in [1.165, 1.54) is 0 Å². The second-order valence-corrected chi connectivity index (χ2v) is 6.34. The van der Waals surface area contributed by atoms with Crippen LogP contribution in [-0.4, -0.2) is 23.1 Å². The summed E-state index contributed by atoms with van der Waals surface area (Å²) in [6, 6.07) is 9.89. The van der Waals surface area contributed by atoms with Gasteiger partial charge in [0.2, 0.25) is 0 Å². The molecule has 0 amide bonds. The number of pyridine rings is 1. The highest BCUT2D eigenvalue weighted by atomic mass is 35.5. The molecule has 0 atom stereocenters. The van der Waals surface area contributed by atoms with Crippen LogP contribution in [0.5, 0.6) is 0 Å². The quantitative estimate of drug-likeness (QED) is 0.891. The molecule has 0 fully saturated rings.